The van der Waals surface area contributed by atoms with Crippen molar-refractivity contribution in [3.05, 3.63) is 12.2 Å². The predicted molar refractivity (Wildman–Crippen MR) is 31.5 cm³/mol. The molecule has 4 heteroatoms. The van der Waals surface area contributed by atoms with Crippen molar-refractivity contribution < 1.29 is 18.3 Å². The summed E-state index contributed by atoms with van der Waals surface area (Å²) >= 11 is 0. The van der Waals surface area contributed by atoms with Crippen molar-refractivity contribution in [1.82, 2.24) is 0 Å². The third-order valence-corrected chi connectivity index (χ3v) is 0.867. The van der Waals surface area contributed by atoms with Crippen LogP contribution in [0, 0.1) is 0 Å². The molecule has 0 aliphatic rings. The summed E-state index contributed by atoms with van der Waals surface area (Å²) in [6.07, 6.45) is -2.34. The van der Waals surface area contributed by atoms with Gasteiger partial charge in [-0.15, -0.1) is 0 Å². The lowest BCUT2D eigenvalue weighted by molar-refractivity contribution is -0.133. The van der Waals surface area contributed by atoms with Gasteiger partial charge in [-0.05, 0) is 6.42 Å². The molecule has 0 aliphatic carbocycles. The Balaban J connectivity index is 3.28. The number of hydrogen-bond acceptors (Lipinski definition) is 1. The zero-order valence-electron chi connectivity index (χ0n) is 5.36. The summed E-state index contributed by atoms with van der Waals surface area (Å²) in [4.78, 5) is 0. The van der Waals surface area contributed by atoms with E-state index in [2.05, 4.69) is 0 Å². The lowest BCUT2D eigenvalue weighted by Crippen LogP contribution is -2.05. The first-order valence-corrected chi connectivity index (χ1v) is 2.89. The largest absolute Gasteiger partial charge is 0.392 e. The van der Waals surface area contributed by atoms with Gasteiger partial charge in [0, 0.05) is 6.42 Å². The predicted octanol–water partition coefficient (Wildman–Crippen LogP) is 1.88. The lowest BCUT2D eigenvalue weighted by Gasteiger charge is -2.01. The van der Waals surface area contributed by atoms with Crippen LogP contribution in [0.5, 0.6) is 0 Å². The third kappa shape index (κ3) is 7.49. The van der Waals surface area contributed by atoms with Crippen LogP contribution >= 0.6 is 0 Å². The Bertz CT molecular complexity index is 106. The first-order valence-electron chi connectivity index (χ1n) is 2.89. The zero-order valence-corrected chi connectivity index (χ0v) is 5.36. The second kappa shape index (κ2) is 4.33. The second-order valence-corrected chi connectivity index (χ2v) is 1.81. The van der Waals surface area contributed by atoms with Crippen LogP contribution in [0.15, 0.2) is 12.2 Å². The fourth-order valence-corrected chi connectivity index (χ4v) is 0.439. The minimum absolute atomic E-state index is 0.0515. The molecule has 0 aromatic heterocycles. The van der Waals surface area contributed by atoms with Gasteiger partial charge in [0.2, 0.25) is 0 Å². The van der Waals surface area contributed by atoms with Crippen LogP contribution in [0.2, 0.25) is 0 Å². The summed E-state index contributed by atoms with van der Waals surface area (Å²) in [5.74, 6) is 0. The van der Waals surface area contributed by atoms with Gasteiger partial charge in [0.15, 0.2) is 0 Å². The standard InChI is InChI=1S/C6H9F3O/c7-6(8,9)4-2-1-3-5-10/h1,3,10H,2,4-5H2/b3-1+. The summed E-state index contributed by atoms with van der Waals surface area (Å²) < 4.78 is 34.2. The molecule has 0 aromatic rings. The molecule has 60 valence electrons. The number of alkyl halides is 3. The van der Waals surface area contributed by atoms with E-state index in [1.807, 2.05) is 0 Å². The first-order chi connectivity index (χ1) is 4.56. The van der Waals surface area contributed by atoms with E-state index in [0.717, 1.165) is 0 Å². The highest BCUT2D eigenvalue weighted by Gasteiger charge is 2.25. The summed E-state index contributed by atoms with van der Waals surface area (Å²) in [5.41, 5.74) is 0. The average molecular weight is 154 g/mol. The van der Waals surface area contributed by atoms with Crippen molar-refractivity contribution in [2.45, 2.75) is 19.0 Å². The number of aliphatic hydroxyl groups excluding tert-OH is 1. The van der Waals surface area contributed by atoms with Gasteiger partial charge in [-0.25, -0.2) is 0 Å². The topological polar surface area (TPSA) is 20.2 Å². The highest BCUT2D eigenvalue weighted by molar-refractivity contribution is 4.81. The highest BCUT2D eigenvalue weighted by atomic mass is 19.4. The fourth-order valence-electron chi connectivity index (χ4n) is 0.439. The van der Waals surface area contributed by atoms with Gasteiger partial charge in [0.05, 0.1) is 6.61 Å². The SMILES string of the molecule is OC/C=C/CCC(F)(F)F. The molecule has 0 atom stereocenters. The van der Waals surface area contributed by atoms with E-state index in [0.29, 0.717) is 0 Å². The molecule has 0 aliphatic heterocycles. The fraction of sp³-hybridized carbons (Fsp3) is 0.667. The van der Waals surface area contributed by atoms with Crippen molar-refractivity contribution in [2.75, 3.05) is 6.61 Å². The number of allylic oxidation sites excluding steroid dienone is 1. The molecular formula is C6H9F3O. The highest BCUT2D eigenvalue weighted by Crippen LogP contribution is 2.21. The van der Waals surface area contributed by atoms with Crippen molar-refractivity contribution in [3.63, 3.8) is 0 Å². The summed E-state index contributed by atoms with van der Waals surface area (Å²) in [6.45, 7) is -0.197. The van der Waals surface area contributed by atoms with Crippen molar-refractivity contribution >= 4 is 0 Å². The summed E-state index contributed by atoms with van der Waals surface area (Å²) in [6, 6.07) is 0. The number of halogens is 3. The van der Waals surface area contributed by atoms with Crippen LogP contribution in [-0.4, -0.2) is 17.9 Å². The molecule has 10 heavy (non-hydrogen) atoms. The maximum atomic E-state index is 11.4. The van der Waals surface area contributed by atoms with E-state index in [1.165, 1.54) is 12.2 Å². The van der Waals surface area contributed by atoms with Gasteiger partial charge >= 0.3 is 6.18 Å². The first kappa shape index (κ1) is 9.49. The van der Waals surface area contributed by atoms with Crippen LogP contribution in [0.3, 0.4) is 0 Å². The maximum Gasteiger partial charge on any atom is 0.389 e. The van der Waals surface area contributed by atoms with E-state index in [-0.39, 0.29) is 13.0 Å². The van der Waals surface area contributed by atoms with Gasteiger partial charge in [0.25, 0.3) is 0 Å². The van der Waals surface area contributed by atoms with Gasteiger partial charge < -0.3 is 5.11 Å². The van der Waals surface area contributed by atoms with Crippen molar-refractivity contribution in [3.8, 4) is 0 Å². The van der Waals surface area contributed by atoms with E-state index < -0.39 is 12.6 Å². The molecule has 0 rings (SSSR count). The average Bonchev–Trinajstić information content (AvgIpc) is 1.78. The molecule has 0 saturated carbocycles. The van der Waals surface area contributed by atoms with Crippen LogP contribution in [0.4, 0.5) is 13.2 Å². The monoisotopic (exact) mass is 154 g/mol. The Morgan fingerprint density at radius 3 is 2.20 bits per heavy atom. The number of rotatable bonds is 3. The second-order valence-electron chi connectivity index (χ2n) is 1.81. The molecule has 0 unspecified atom stereocenters. The smallest absolute Gasteiger partial charge is 0.389 e. The maximum absolute atomic E-state index is 11.4. The zero-order chi connectivity index (χ0) is 8.04. The van der Waals surface area contributed by atoms with Crippen LogP contribution in [0.1, 0.15) is 12.8 Å². The van der Waals surface area contributed by atoms with E-state index in [9.17, 15) is 13.2 Å². The molecule has 0 fully saturated rings. The normalized spacial score (nSPS) is 12.8. The molecule has 0 radical (unpaired) electrons. The van der Waals surface area contributed by atoms with E-state index in [1.54, 1.807) is 0 Å². The van der Waals surface area contributed by atoms with Crippen molar-refractivity contribution in [1.29, 1.82) is 0 Å². The molecule has 1 N–H and O–H groups in total. The Labute approximate surface area is 57.2 Å². The van der Waals surface area contributed by atoms with Crippen LogP contribution < -0.4 is 0 Å². The Kier molecular flexibility index (Phi) is 4.11. The summed E-state index contributed by atoms with van der Waals surface area (Å²) in [5, 5.41) is 8.13. The van der Waals surface area contributed by atoms with E-state index >= 15 is 0 Å². The Hall–Kier alpha value is -0.510. The Morgan fingerprint density at radius 1 is 1.20 bits per heavy atom. The minimum Gasteiger partial charge on any atom is -0.392 e. The van der Waals surface area contributed by atoms with Gasteiger partial charge in [-0.1, -0.05) is 12.2 Å². The molecular weight excluding hydrogens is 145 g/mol. The molecule has 0 amide bonds. The van der Waals surface area contributed by atoms with E-state index in [4.69, 9.17) is 5.11 Å². The van der Waals surface area contributed by atoms with Crippen molar-refractivity contribution in [2.24, 2.45) is 0 Å². The van der Waals surface area contributed by atoms with Gasteiger partial charge in [-0.2, -0.15) is 13.2 Å². The molecule has 0 spiro atoms. The Morgan fingerprint density at radius 2 is 1.80 bits per heavy atom. The third-order valence-electron chi connectivity index (χ3n) is 0.867. The van der Waals surface area contributed by atoms with Gasteiger partial charge in [-0.3, -0.25) is 0 Å². The minimum atomic E-state index is -4.08. The molecule has 0 bridgehead atoms. The molecule has 0 saturated heterocycles. The van der Waals surface area contributed by atoms with Gasteiger partial charge in [0.1, 0.15) is 0 Å². The lowest BCUT2D eigenvalue weighted by atomic mass is 10.3. The molecule has 0 aromatic carbocycles. The number of aliphatic hydroxyl groups is 1. The van der Waals surface area contributed by atoms with Crippen LogP contribution in [-0.2, 0) is 0 Å². The molecule has 0 heterocycles. The molecule has 1 nitrogen and oxygen atoms in total. The quantitative estimate of drug-likeness (QED) is 0.615. The van der Waals surface area contributed by atoms with Crippen LogP contribution in [0.25, 0.3) is 0 Å². The summed E-state index contributed by atoms with van der Waals surface area (Å²) in [7, 11) is 0. The number of hydrogen-bond donors (Lipinski definition) is 1.